The molecular formula is C27H33BrN2O2. The largest absolute Gasteiger partial charge is 0.481 e. The maximum atomic E-state index is 11.4. The van der Waals surface area contributed by atoms with Crippen molar-refractivity contribution in [2.75, 3.05) is 13.1 Å². The van der Waals surface area contributed by atoms with E-state index in [1.807, 2.05) is 36.4 Å². The molecule has 0 atom stereocenters. The molecule has 0 saturated heterocycles. The molecule has 0 amide bonds. The van der Waals surface area contributed by atoms with Crippen molar-refractivity contribution in [2.45, 2.75) is 51.9 Å². The van der Waals surface area contributed by atoms with E-state index in [1.165, 1.54) is 32.1 Å². The highest BCUT2D eigenvalue weighted by Gasteiger charge is 2.20. The van der Waals surface area contributed by atoms with Crippen molar-refractivity contribution in [1.29, 1.82) is 0 Å². The summed E-state index contributed by atoms with van der Waals surface area (Å²) < 4.78 is 0.976. The van der Waals surface area contributed by atoms with Crippen LogP contribution >= 0.6 is 15.9 Å². The van der Waals surface area contributed by atoms with Gasteiger partial charge in [0.2, 0.25) is 0 Å². The number of aliphatic imine (C=N–C) groups is 1. The summed E-state index contributed by atoms with van der Waals surface area (Å²) in [6, 6.07) is 16.1. The molecular weight excluding hydrogens is 464 g/mol. The fraction of sp³-hybridized carbons (Fsp3) is 0.407. The van der Waals surface area contributed by atoms with Crippen LogP contribution in [0.25, 0.3) is 5.70 Å². The first-order valence-electron chi connectivity index (χ1n) is 11.5. The van der Waals surface area contributed by atoms with Crippen molar-refractivity contribution in [3.05, 3.63) is 76.3 Å². The molecule has 2 aromatic carbocycles. The number of carboxylic acids is 1. The van der Waals surface area contributed by atoms with Gasteiger partial charge in [0.1, 0.15) is 5.84 Å². The maximum absolute atomic E-state index is 11.4. The summed E-state index contributed by atoms with van der Waals surface area (Å²) in [5.41, 5.74) is 3.75. The molecule has 1 N–H and O–H groups in total. The van der Waals surface area contributed by atoms with E-state index in [1.54, 1.807) is 0 Å². The van der Waals surface area contributed by atoms with Gasteiger partial charge in [-0.05, 0) is 37.0 Å². The Morgan fingerprint density at radius 1 is 1.12 bits per heavy atom. The summed E-state index contributed by atoms with van der Waals surface area (Å²) >= 11 is 3.53. The molecule has 170 valence electrons. The first-order chi connectivity index (χ1) is 15.4. The molecule has 0 aliphatic heterocycles. The number of aryl methyl sites for hydroxylation is 1. The van der Waals surface area contributed by atoms with E-state index < -0.39 is 5.97 Å². The zero-order chi connectivity index (χ0) is 22.9. The number of benzene rings is 2. The maximum Gasteiger partial charge on any atom is 0.305 e. The summed E-state index contributed by atoms with van der Waals surface area (Å²) in [5.74, 6) is 0.732. The van der Waals surface area contributed by atoms with Gasteiger partial charge in [-0.15, -0.1) is 0 Å². The van der Waals surface area contributed by atoms with E-state index in [0.717, 1.165) is 40.0 Å². The molecule has 1 aliphatic carbocycles. The minimum atomic E-state index is -0.789. The second-order valence-corrected chi connectivity index (χ2v) is 9.55. The Hall–Kier alpha value is -2.40. The molecule has 5 heteroatoms. The summed E-state index contributed by atoms with van der Waals surface area (Å²) in [4.78, 5) is 18.6. The van der Waals surface area contributed by atoms with Crippen LogP contribution in [0.2, 0.25) is 0 Å². The fourth-order valence-corrected chi connectivity index (χ4v) is 4.75. The molecule has 1 saturated carbocycles. The van der Waals surface area contributed by atoms with Crippen LogP contribution < -0.4 is 0 Å². The molecule has 0 bridgehead atoms. The molecule has 4 nitrogen and oxygen atoms in total. The van der Waals surface area contributed by atoms with Crippen molar-refractivity contribution in [2.24, 2.45) is 10.9 Å². The highest BCUT2D eigenvalue weighted by atomic mass is 79.9. The Labute approximate surface area is 200 Å². The van der Waals surface area contributed by atoms with Crippen LogP contribution in [-0.2, 0) is 4.79 Å². The van der Waals surface area contributed by atoms with Gasteiger partial charge in [0, 0.05) is 28.7 Å². The first kappa shape index (κ1) is 24.2. The Bertz CT molecular complexity index is 964. The van der Waals surface area contributed by atoms with Gasteiger partial charge in [0.05, 0.1) is 12.1 Å². The van der Waals surface area contributed by atoms with E-state index in [0.29, 0.717) is 18.2 Å². The van der Waals surface area contributed by atoms with Crippen LogP contribution in [0.3, 0.4) is 0 Å². The van der Waals surface area contributed by atoms with E-state index in [-0.39, 0.29) is 6.42 Å². The average molecular weight is 497 g/mol. The Balaban J connectivity index is 1.95. The molecule has 0 aromatic heterocycles. The number of halogens is 1. The molecule has 32 heavy (non-hydrogen) atoms. The van der Waals surface area contributed by atoms with Gasteiger partial charge < -0.3 is 10.0 Å². The number of aliphatic carboxylic acids is 1. The zero-order valence-electron chi connectivity index (χ0n) is 18.9. The van der Waals surface area contributed by atoms with Gasteiger partial charge in [-0.3, -0.25) is 4.79 Å². The van der Waals surface area contributed by atoms with Crippen molar-refractivity contribution < 1.29 is 9.90 Å². The zero-order valence-corrected chi connectivity index (χ0v) is 20.5. The molecule has 0 radical (unpaired) electrons. The van der Waals surface area contributed by atoms with Crippen molar-refractivity contribution in [1.82, 2.24) is 4.90 Å². The average Bonchev–Trinajstić information content (AvgIpc) is 2.79. The Morgan fingerprint density at radius 3 is 2.56 bits per heavy atom. The minimum absolute atomic E-state index is 0.0823. The highest BCUT2D eigenvalue weighted by molar-refractivity contribution is 9.10. The lowest BCUT2D eigenvalue weighted by Gasteiger charge is -2.30. The predicted molar refractivity (Wildman–Crippen MR) is 136 cm³/mol. The third kappa shape index (κ3) is 7.06. The van der Waals surface area contributed by atoms with Crippen molar-refractivity contribution in [3.8, 4) is 0 Å². The first-order valence-corrected chi connectivity index (χ1v) is 12.3. The Kier molecular flexibility index (Phi) is 9.10. The topological polar surface area (TPSA) is 52.9 Å². The molecule has 1 aliphatic rings. The van der Waals surface area contributed by atoms with Crippen LogP contribution in [0, 0.1) is 12.8 Å². The highest BCUT2D eigenvalue weighted by Crippen LogP contribution is 2.27. The third-order valence-electron chi connectivity index (χ3n) is 6.21. The van der Waals surface area contributed by atoms with E-state index in [9.17, 15) is 9.90 Å². The molecule has 1 fully saturated rings. The van der Waals surface area contributed by atoms with Gasteiger partial charge in [-0.1, -0.05) is 91.0 Å². The number of amidine groups is 1. The number of rotatable bonds is 9. The van der Waals surface area contributed by atoms with Gasteiger partial charge in [0.15, 0.2) is 0 Å². The Morgan fingerprint density at radius 2 is 1.88 bits per heavy atom. The monoisotopic (exact) mass is 496 g/mol. The van der Waals surface area contributed by atoms with E-state index in [2.05, 4.69) is 46.5 Å². The number of carboxylic acid groups (broad SMARTS) is 1. The number of hydrogen-bond acceptors (Lipinski definition) is 2. The van der Waals surface area contributed by atoms with Gasteiger partial charge >= 0.3 is 5.97 Å². The summed E-state index contributed by atoms with van der Waals surface area (Å²) in [6.07, 6.45) is 7.63. The lowest BCUT2D eigenvalue weighted by Crippen LogP contribution is -2.36. The van der Waals surface area contributed by atoms with Gasteiger partial charge in [-0.2, -0.15) is 0 Å². The van der Waals surface area contributed by atoms with Crippen LogP contribution in [0.15, 0.2) is 64.6 Å². The second-order valence-electron chi connectivity index (χ2n) is 8.63. The number of nitrogens with zero attached hydrogens (tertiary/aromatic N) is 2. The summed E-state index contributed by atoms with van der Waals surface area (Å²) in [7, 11) is 0. The van der Waals surface area contributed by atoms with Crippen molar-refractivity contribution in [3.63, 3.8) is 0 Å². The molecule has 0 spiro atoms. The lowest BCUT2D eigenvalue weighted by molar-refractivity contribution is -0.137. The predicted octanol–water partition coefficient (Wildman–Crippen LogP) is 6.92. The number of hydrogen-bond donors (Lipinski definition) is 1. The fourth-order valence-electron chi connectivity index (χ4n) is 4.35. The van der Waals surface area contributed by atoms with E-state index >= 15 is 0 Å². The SMILES string of the molecule is C=C(N=C(c1ccccc1C)N(CCC(=O)O)CCC1CCCCC1)c1cccc(Br)c1. The van der Waals surface area contributed by atoms with Crippen LogP contribution in [0.1, 0.15) is 61.6 Å². The summed E-state index contributed by atoms with van der Waals surface area (Å²) in [5, 5.41) is 9.39. The van der Waals surface area contributed by atoms with Crippen LogP contribution in [0.4, 0.5) is 0 Å². The lowest BCUT2D eigenvalue weighted by atomic mass is 9.87. The molecule has 3 rings (SSSR count). The smallest absolute Gasteiger partial charge is 0.305 e. The van der Waals surface area contributed by atoms with Gasteiger partial charge in [-0.25, -0.2) is 4.99 Å². The third-order valence-corrected chi connectivity index (χ3v) is 6.71. The molecule has 0 heterocycles. The van der Waals surface area contributed by atoms with Crippen LogP contribution in [0.5, 0.6) is 0 Å². The standard InChI is InChI=1S/C27H33BrN2O2/c1-20-9-6-7-14-25(20)27(29-21(2)23-12-8-13-24(28)19-23)30(18-16-26(31)32)17-15-22-10-4-3-5-11-22/h6-9,12-14,19,22H,2-5,10-11,15-18H2,1H3,(H,31,32). The number of carbonyl (C=O) groups is 1. The van der Waals surface area contributed by atoms with Gasteiger partial charge in [0.25, 0.3) is 0 Å². The second kappa shape index (κ2) is 12.0. The minimum Gasteiger partial charge on any atom is -0.481 e. The quantitative estimate of drug-likeness (QED) is 0.302. The molecule has 2 aromatic rings. The normalized spacial score (nSPS) is 14.9. The molecule has 0 unspecified atom stereocenters. The van der Waals surface area contributed by atoms with E-state index in [4.69, 9.17) is 4.99 Å². The van der Waals surface area contributed by atoms with Crippen molar-refractivity contribution >= 4 is 33.4 Å². The summed E-state index contributed by atoms with van der Waals surface area (Å²) in [6.45, 7) is 7.54. The van der Waals surface area contributed by atoms with Crippen LogP contribution in [-0.4, -0.2) is 34.9 Å².